The van der Waals surface area contributed by atoms with Gasteiger partial charge in [0, 0.05) is 14.5 Å². The second kappa shape index (κ2) is 6.07. The zero-order valence-electron chi connectivity index (χ0n) is 10.7. The molecule has 0 amide bonds. The van der Waals surface area contributed by atoms with Crippen molar-refractivity contribution in [1.29, 1.82) is 0 Å². The van der Waals surface area contributed by atoms with Crippen molar-refractivity contribution in [3.05, 3.63) is 56.5 Å². The maximum absolute atomic E-state index is 9.80. The Hall–Kier alpha value is -0.840. The zero-order chi connectivity index (χ0) is 14.0. The summed E-state index contributed by atoms with van der Waals surface area (Å²) in [5.74, 6) is 1.42. The number of aliphatic hydroxyl groups excluding tert-OH is 1. The molecule has 0 heterocycles. The molecule has 1 N–H and O–H groups in total. The van der Waals surface area contributed by atoms with Crippen molar-refractivity contribution in [2.45, 2.75) is 20.0 Å². The van der Waals surface area contributed by atoms with Crippen molar-refractivity contribution < 1.29 is 9.84 Å². The number of aryl methyl sites for hydroxylation is 1. The summed E-state index contributed by atoms with van der Waals surface area (Å²) < 4.78 is 7.83. The molecule has 0 aliphatic rings. The molecule has 1 unspecified atom stereocenters. The topological polar surface area (TPSA) is 29.5 Å². The van der Waals surface area contributed by atoms with Gasteiger partial charge in [0.25, 0.3) is 0 Å². The predicted octanol–water partition coefficient (Wildman–Crippen LogP) is 5.37. The molecule has 19 heavy (non-hydrogen) atoms. The van der Waals surface area contributed by atoms with Crippen LogP contribution in [0.2, 0.25) is 0 Å². The molecule has 0 aromatic heterocycles. The standard InChI is InChI=1S/C15H14Br2O2/c1-9-7-12(4-5-14(9)17)19-15-6-3-11(16)8-13(15)10(2)18/h3-8,10,18H,1-2H3. The van der Waals surface area contributed by atoms with E-state index < -0.39 is 6.10 Å². The Morgan fingerprint density at radius 1 is 1.11 bits per heavy atom. The molecule has 0 fully saturated rings. The summed E-state index contributed by atoms with van der Waals surface area (Å²) in [5.41, 5.74) is 1.86. The van der Waals surface area contributed by atoms with E-state index in [0.29, 0.717) is 5.75 Å². The summed E-state index contributed by atoms with van der Waals surface area (Å²) in [6.45, 7) is 3.73. The van der Waals surface area contributed by atoms with Crippen molar-refractivity contribution in [3.8, 4) is 11.5 Å². The summed E-state index contributed by atoms with van der Waals surface area (Å²) in [6.07, 6.45) is -0.580. The third kappa shape index (κ3) is 3.59. The van der Waals surface area contributed by atoms with Crippen LogP contribution < -0.4 is 4.74 Å². The molecule has 1 atom stereocenters. The highest BCUT2D eigenvalue weighted by Crippen LogP contribution is 2.33. The largest absolute Gasteiger partial charge is 0.457 e. The lowest BCUT2D eigenvalue weighted by Crippen LogP contribution is -1.96. The van der Waals surface area contributed by atoms with Gasteiger partial charge in [-0.1, -0.05) is 31.9 Å². The Balaban J connectivity index is 2.35. The first-order valence-corrected chi connectivity index (χ1v) is 7.47. The molecule has 2 nitrogen and oxygen atoms in total. The van der Waals surface area contributed by atoms with Crippen molar-refractivity contribution >= 4 is 31.9 Å². The van der Waals surface area contributed by atoms with E-state index in [1.54, 1.807) is 6.92 Å². The molecule has 0 bridgehead atoms. The van der Waals surface area contributed by atoms with E-state index in [4.69, 9.17) is 4.74 Å². The fourth-order valence-electron chi connectivity index (χ4n) is 1.75. The van der Waals surface area contributed by atoms with E-state index in [9.17, 15) is 5.11 Å². The number of halogens is 2. The van der Waals surface area contributed by atoms with Gasteiger partial charge in [0.1, 0.15) is 11.5 Å². The number of benzene rings is 2. The number of aliphatic hydroxyl groups is 1. The summed E-state index contributed by atoms with van der Waals surface area (Å²) in [4.78, 5) is 0. The smallest absolute Gasteiger partial charge is 0.133 e. The quantitative estimate of drug-likeness (QED) is 0.769. The van der Waals surface area contributed by atoms with Gasteiger partial charge in [-0.15, -0.1) is 0 Å². The van der Waals surface area contributed by atoms with E-state index >= 15 is 0 Å². The molecule has 2 aromatic rings. The van der Waals surface area contributed by atoms with Crippen LogP contribution >= 0.6 is 31.9 Å². The van der Waals surface area contributed by atoms with Crippen molar-refractivity contribution in [2.24, 2.45) is 0 Å². The average Bonchev–Trinajstić information content (AvgIpc) is 2.36. The molecule has 0 aliphatic carbocycles. The van der Waals surface area contributed by atoms with Crippen LogP contribution in [0.5, 0.6) is 11.5 Å². The highest BCUT2D eigenvalue weighted by Gasteiger charge is 2.11. The monoisotopic (exact) mass is 384 g/mol. The second-order valence-electron chi connectivity index (χ2n) is 4.37. The first-order valence-electron chi connectivity index (χ1n) is 5.89. The highest BCUT2D eigenvalue weighted by molar-refractivity contribution is 9.10. The molecule has 0 saturated heterocycles. The van der Waals surface area contributed by atoms with Crippen LogP contribution in [-0.4, -0.2) is 5.11 Å². The lowest BCUT2D eigenvalue weighted by Gasteiger charge is -2.14. The Bertz CT molecular complexity index is 595. The normalized spacial score (nSPS) is 12.3. The van der Waals surface area contributed by atoms with Gasteiger partial charge in [-0.05, 0) is 55.8 Å². The second-order valence-corrected chi connectivity index (χ2v) is 6.14. The van der Waals surface area contributed by atoms with Crippen molar-refractivity contribution in [3.63, 3.8) is 0 Å². The third-order valence-corrected chi connectivity index (χ3v) is 4.16. The molecule has 0 saturated carbocycles. The van der Waals surface area contributed by atoms with E-state index in [1.165, 1.54) is 0 Å². The van der Waals surface area contributed by atoms with Crippen LogP contribution in [0.4, 0.5) is 0 Å². The Kier molecular flexibility index (Phi) is 4.66. The van der Waals surface area contributed by atoms with Crippen LogP contribution in [0.15, 0.2) is 45.3 Å². The molecular formula is C15H14Br2O2. The summed E-state index contributed by atoms with van der Waals surface area (Å²) in [5, 5.41) is 9.80. The van der Waals surface area contributed by atoms with Crippen LogP contribution in [0.3, 0.4) is 0 Å². The van der Waals surface area contributed by atoms with Crippen molar-refractivity contribution in [1.82, 2.24) is 0 Å². The predicted molar refractivity (Wildman–Crippen MR) is 83.7 cm³/mol. The Labute approximate surface area is 129 Å². The number of hydrogen-bond acceptors (Lipinski definition) is 2. The van der Waals surface area contributed by atoms with Crippen LogP contribution in [0.1, 0.15) is 24.2 Å². The Morgan fingerprint density at radius 3 is 2.47 bits per heavy atom. The molecule has 2 aromatic carbocycles. The van der Waals surface area contributed by atoms with Gasteiger partial charge in [-0.25, -0.2) is 0 Å². The van der Waals surface area contributed by atoms with E-state index in [-0.39, 0.29) is 0 Å². The number of rotatable bonds is 3. The minimum Gasteiger partial charge on any atom is -0.457 e. The van der Waals surface area contributed by atoms with Crippen LogP contribution in [0.25, 0.3) is 0 Å². The number of ether oxygens (including phenoxy) is 1. The highest BCUT2D eigenvalue weighted by atomic mass is 79.9. The Morgan fingerprint density at radius 2 is 1.84 bits per heavy atom. The summed E-state index contributed by atoms with van der Waals surface area (Å²) in [7, 11) is 0. The third-order valence-electron chi connectivity index (χ3n) is 2.78. The molecule has 4 heteroatoms. The summed E-state index contributed by atoms with van der Waals surface area (Å²) >= 11 is 6.86. The van der Waals surface area contributed by atoms with Gasteiger partial charge in [-0.3, -0.25) is 0 Å². The van der Waals surface area contributed by atoms with Gasteiger partial charge < -0.3 is 9.84 Å². The first-order chi connectivity index (χ1) is 8.97. The molecular weight excluding hydrogens is 372 g/mol. The van der Waals surface area contributed by atoms with E-state index in [1.807, 2.05) is 43.3 Å². The minimum atomic E-state index is -0.580. The van der Waals surface area contributed by atoms with E-state index in [2.05, 4.69) is 31.9 Å². The van der Waals surface area contributed by atoms with Gasteiger partial charge >= 0.3 is 0 Å². The molecule has 0 aliphatic heterocycles. The zero-order valence-corrected chi connectivity index (χ0v) is 13.8. The first kappa shape index (κ1) is 14.6. The van der Waals surface area contributed by atoms with Gasteiger partial charge in [-0.2, -0.15) is 0 Å². The van der Waals surface area contributed by atoms with E-state index in [0.717, 1.165) is 25.8 Å². The SMILES string of the molecule is Cc1cc(Oc2ccc(Br)cc2C(C)O)ccc1Br. The minimum absolute atomic E-state index is 0.580. The maximum atomic E-state index is 9.80. The van der Waals surface area contributed by atoms with Gasteiger partial charge in [0.05, 0.1) is 6.10 Å². The fourth-order valence-corrected chi connectivity index (χ4v) is 2.37. The van der Waals surface area contributed by atoms with Gasteiger partial charge in [0.2, 0.25) is 0 Å². The maximum Gasteiger partial charge on any atom is 0.133 e. The average molecular weight is 386 g/mol. The lowest BCUT2D eigenvalue weighted by molar-refractivity contribution is 0.195. The van der Waals surface area contributed by atoms with Gasteiger partial charge in [0.15, 0.2) is 0 Å². The van der Waals surface area contributed by atoms with Crippen LogP contribution in [0, 0.1) is 6.92 Å². The fraction of sp³-hybridized carbons (Fsp3) is 0.200. The van der Waals surface area contributed by atoms with Crippen molar-refractivity contribution in [2.75, 3.05) is 0 Å². The molecule has 0 spiro atoms. The molecule has 100 valence electrons. The molecule has 2 rings (SSSR count). The number of hydrogen-bond donors (Lipinski definition) is 1. The van der Waals surface area contributed by atoms with Crippen LogP contribution in [-0.2, 0) is 0 Å². The lowest BCUT2D eigenvalue weighted by atomic mass is 10.1. The molecule has 0 radical (unpaired) electrons. The summed E-state index contributed by atoms with van der Waals surface area (Å²) in [6, 6.07) is 11.4.